The summed E-state index contributed by atoms with van der Waals surface area (Å²) in [5, 5.41) is 8.02. The average Bonchev–Trinajstić information content (AvgIpc) is 3.23. The van der Waals surface area contributed by atoms with E-state index in [2.05, 4.69) is 71.2 Å². The highest BCUT2D eigenvalue weighted by Gasteiger charge is 2.09. The fourth-order valence-electron chi connectivity index (χ4n) is 2.85. The van der Waals surface area contributed by atoms with Gasteiger partial charge in [0.25, 0.3) is 0 Å². The quantitative estimate of drug-likeness (QED) is 0.712. The molecule has 0 saturated heterocycles. The van der Waals surface area contributed by atoms with E-state index in [1.54, 1.807) is 0 Å². The van der Waals surface area contributed by atoms with Crippen LogP contribution in [-0.4, -0.2) is 19.3 Å². The van der Waals surface area contributed by atoms with Crippen molar-refractivity contribution < 1.29 is 0 Å². The van der Waals surface area contributed by atoms with E-state index >= 15 is 0 Å². The van der Waals surface area contributed by atoms with Gasteiger partial charge in [0, 0.05) is 49.3 Å². The highest BCUT2D eigenvalue weighted by atomic mass is 15.3. The van der Waals surface area contributed by atoms with Gasteiger partial charge in [-0.3, -0.25) is 4.68 Å². The van der Waals surface area contributed by atoms with Gasteiger partial charge in [0.15, 0.2) is 0 Å². The van der Waals surface area contributed by atoms with Crippen LogP contribution in [0.25, 0.3) is 0 Å². The van der Waals surface area contributed by atoms with Crippen LogP contribution >= 0.6 is 0 Å². The van der Waals surface area contributed by atoms with Crippen molar-refractivity contribution >= 4 is 0 Å². The minimum absolute atomic E-state index is 0.270. The summed E-state index contributed by atoms with van der Waals surface area (Å²) in [6.07, 6.45) is 7.95. The lowest BCUT2D eigenvalue weighted by atomic mass is 10.1. The van der Waals surface area contributed by atoms with Crippen molar-refractivity contribution in [2.24, 2.45) is 0 Å². The number of nitrogens with zero attached hydrogens (tertiary/aromatic N) is 4. The fourth-order valence-corrected chi connectivity index (χ4v) is 2.85. The normalized spacial score (nSPS) is 12.7. The molecule has 0 aliphatic carbocycles. The molecule has 0 spiro atoms. The van der Waals surface area contributed by atoms with Gasteiger partial charge in [-0.15, -0.1) is 0 Å². The number of aryl methyl sites for hydroxylation is 1. The van der Waals surface area contributed by atoms with Crippen LogP contribution in [0.3, 0.4) is 0 Å². The summed E-state index contributed by atoms with van der Waals surface area (Å²) < 4.78 is 4.16. The first kappa shape index (κ1) is 17.4. The first-order chi connectivity index (χ1) is 12.0. The van der Waals surface area contributed by atoms with Crippen LogP contribution in [0.5, 0.6) is 0 Å². The topological polar surface area (TPSA) is 47.7 Å². The molecule has 132 valence electrons. The molecule has 25 heavy (non-hydrogen) atoms. The van der Waals surface area contributed by atoms with Crippen LogP contribution < -0.4 is 5.32 Å². The van der Waals surface area contributed by atoms with Gasteiger partial charge in [-0.05, 0) is 38.8 Å². The van der Waals surface area contributed by atoms with Crippen molar-refractivity contribution in [2.75, 3.05) is 0 Å². The van der Waals surface area contributed by atoms with Gasteiger partial charge >= 0.3 is 0 Å². The third kappa shape index (κ3) is 4.37. The Morgan fingerprint density at radius 2 is 1.96 bits per heavy atom. The molecule has 1 aromatic carbocycles. The predicted octanol–water partition coefficient (Wildman–Crippen LogP) is 3.87. The predicted molar refractivity (Wildman–Crippen MR) is 100 cm³/mol. The molecule has 0 amide bonds. The molecule has 1 atom stereocenters. The molecule has 0 aliphatic heterocycles. The largest absolute Gasteiger partial charge is 0.331 e. The van der Waals surface area contributed by atoms with Gasteiger partial charge < -0.3 is 9.88 Å². The zero-order valence-electron chi connectivity index (χ0n) is 15.5. The third-order valence-electron chi connectivity index (χ3n) is 4.53. The van der Waals surface area contributed by atoms with E-state index < -0.39 is 0 Å². The zero-order chi connectivity index (χ0) is 17.8. The molecule has 3 aromatic rings. The highest BCUT2D eigenvalue weighted by molar-refractivity contribution is 5.24. The standard InChI is InChI=1S/C20H27N5/c1-15(2)25-14-20(12-23-25)16(3)22-11-18-6-5-7-19(10-18)13-24-9-8-21-17(24)4/h5-10,12,14-16,22H,11,13H2,1-4H3. The molecule has 2 aromatic heterocycles. The summed E-state index contributed by atoms with van der Waals surface area (Å²) in [7, 11) is 0. The summed E-state index contributed by atoms with van der Waals surface area (Å²) in [6, 6.07) is 9.38. The highest BCUT2D eigenvalue weighted by Crippen LogP contribution is 2.15. The maximum atomic E-state index is 4.42. The molecule has 0 saturated carbocycles. The minimum Gasteiger partial charge on any atom is -0.331 e. The molecular formula is C20H27N5. The Morgan fingerprint density at radius 3 is 2.64 bits per heavy atom. The van der Waals surface area contributed by atoms with Crippen molar-refractivity contribution in [2.45, 2.75) is 52.9 Å². The molecule has 5 nitrogen and oxygen atoms in total. The van der Waals surface area contributed by atoms with E-state index in [1.165, 1.54) is 16.7 Å². The molecule has 0 fully saturated rings. The summed E-state index contributed by atoms with van der Waals surface area (Å²) in [6.45, 7) is 10.2. The maximum Gasteiger partial charge on any atom is 0.105 e. The molecule has 1 unspecified atom stereocenters. The Balaban J connectivity index is 1.61. The zero-order valence-corrected chi connectivity index (χ0v) is 15.5. The maximum absolute atomic E-state index is 4.42. The Bertz CT molecular complexity index is 815. The SMILES string of the molecule is Cc1nccn1Cc1cccc(CNC(C)c2cnn(C(C)C)c2)c1. The van der Waals surface area contributed by atoms with Crippen molar-refractivity contribution in [3.8, 4) is 0 Å². The van der Waals surface area contributed by atoms with Gasteiger partial charge in [0.05, 0.1) is 6.20 Å². The van der Waals surface area contributed by atoms with Gasteiger partial charge in [-0.2, -0.15) is 5.10 Å². The van der Waals surface area contributed by atoms with E-state index in [1.807, 2.05) is 30.2 Å². The first-order valence-electron chi connectivity index (χ1n) is 8.86. The van der Waals surface area contributed by atoms with E-state index in [-0.39, 0.29) is 6.04 Å². The number of hydrogen-bond donors (Lipinski definition) is 1. The number of nitrogens with one attached hydrogen (secondary N) is 1. The second kappa shape index (κ2) is 7.66. The Morgan fingerprint density at radius 1 is 1.16 bits per heavy atom. The van der Waals surface area contributed by atoms with Gasteiger partial charge in [-0.25, -0.2) is 4.98 Å². The Hall–Kier alpha value is -2.40. The number of hydrogen-bond acceptors (Lipinski definition) is 3. The van der Waals surface area contributed by atoms with Gasteiger partial charge in [-0.1, -0.05) is 24.3 Å². The van der Waals surface area contributed by atoms with Crippen molar-refractivity contribution in [1.82, 2.24) is 24.6 Å². The van der Waals surface area contributed by atoms with E-state index in [9.17, 15) is 0 Å². The van der Waals surface area contributed by atoms with Crippen LogP contribution in [0.15, 0.2) is 49.1 Å². The Labute approximate surface area is 149 Å². The fraction of sp³-hybridized carbons (Fsp3) is 0.400. The third-order valence-corrected chi connectivity index (χ3v) is 4.53. The lowest BCUT2D eigenvalue weighted by Crippen LogP contribution is -2.18. The van der Waals surface area contributed by atoms with Gasteiger partial charge in [0.1, 0.15) is 5.82 Å². The Kier molecular flexibility index (Phi) is 5.34. The molecule has 2 heterocycles. The number of aromatic nitrogens is 4. The van der Waals surface area contributed by atoms with E-state index in [0.29, 0.717) is 6.04 Å². The minimum atomic E-state index is 0.270. The van der Waals surface area contributed by atoms with Crippen LogP contribution in [0.4, 0.5) is 0 Å². The van der Waals surface area contributed by atoms with E-state index in [0.717, 1.165) is 18.9 Å². The molecule has 5 heteroatoms. The second-order valence-corrected chi connectivity index (χ2v) is 6.87. The number of rotatable bonds is 7. The molecular weight excluding hydrogens is 310 g/mol. The molecule has 1 N–H and O–H groups in total. The van der Waals surface area contributed by atoms with Crippen LogP contribution in [0, 0.1) is 6.92 Å². The summed E-state index contributed by atoms with van der Waals surface area (Å²) in [5.41, 5.74) is 3.80. The second-order valence-electron chi connectivity index (χ2n) is 6.87. The smallest absolute Gasteiger partial charge is 0.105 e. The average molecular weight is 337 g/mol. The van der Waals surface area contributed by atoms with Crippen molar-refractivity contribution in [1.29, 1.82) is 0 Å². The molecule has 3 rings (SSSR count). The molecule has 0 radical (unpaired) electrons. The summed E-state index contributed by atoms with van der Waals surface area (Å²) in [4.78, 5) is 4.29. The number of benzene rings is 1. The summed E-state index contributed by atoms with van der Waals surface area (Å²) >= 11 is 0. The molecule has 0 bridgehead atoms. The monoisotopic (exact) mass is 337 g/mol. The van der Waals surface area contributed by atoms with Crippen LogP contribution in [0.1, 0.15) is 55.4 Å². The summed E-state index contributed by atoms with van der Waals surface area (Å²) in [5.74, 6) is 1.04. The lowest BCUT2D eigenvalue weighted by molar-refractivity contribution is 0.528. The van der Waals surface area contributed by atoms with E-state index in [4.69, 9.17) is 0 Å². The van der Waals surface area contributed by atoms with Crippen LogP contribution in [0.2, 0.25) is 0 Å². The lowest BCUT2D eigenvalue weighted by Gasteiger charge is -2.13. The van der Waals surface area contributed by atoms with Gasteiger partial charge in [0.2, 0.25) is 0 Å². The molecule has 0 aliphatic rings. The first-order valence-corrected chi connectivity index (χ1v) is 8.86. The van der Waals surface area contributed by atoms with Crippen molar-refractivity contribution in [3.05, 3.63) is 71.6 Å². The van der Waals surface area contributed by atoms with Crippen molar-refractivity contribution in [3.63, 3.8) is 0 Å². The number of imidazole rings is 1. The van der Waals surface area contributed by atoms with Crippen LogP contribution in [-0.2, 0) is 13.1 Å².